The molecule has 0 amide bonds. The number of hydrogen-bond donors (Lipinski definition) is 3. The van der Waals surface area contributed by atoms with Gasteiger partial charge in [-0.3, -0.25) is 4.79 Å². The van der Waals surface area contributed by atoms with Gasteiger partial charge in [-0.25, -0.2) is 0 Å². The zero-order chi connectivity index (χ0) is 20.8. The van der Waals surface area contributed by atoms with Crippen LogP contribution in [0.1, 0.15) is 117 Å². The van der Waals surface area contributed by atoms with Crippen LogP contribution in [-0.2, 0) is 4.79 Å². The summed E-state index contributed by atoms with van der Waals surface area (Å²) in [6, 6.07) is 0. The van der Waals surface area contributed by atoms with E-state index in [-0.39, 0.29) is 0 Å². The van der Waals surface area contributed by atoms with Crippen LogP contribution in [0, 0.1) is 5.92 Å². The molecule has 0 aromatic heterocycles. The Morgan fingerprint density at radius 1 is 0.778 bits per heavy atom. The van der Waals surface area contributed by atoms with Crippen LogP contribution in [0.5, 0.6) is 0 Å². The van der Waals surface area contributed by atoms with Crippen molar-refractivity contribution in [2.45, 2.75) is 123 Å². The van der Waals surface area contributed by atoms with Gasteiger partial charge in [0.25, 0.3) is 0 Å². The van der Waals surface area contributed by atoms with E-state index in [4.69, 9.17) is 15.3 Å². The van der Waals surface area contributed by atoms with Gasteiger partial charge in [-0.05, 0) is 38.0 Å². The molecule has 0 fully saturated rings. The molecule has 0 rings (SSSR count). The lowest BCUT2D eigenvalue weighted by Crippen LogP contribution is -2.07. The van der Waals surface area contributed by atoms with Crippen LogP contribution in [0.3, 0.4) is 0 Å². The van der Waals surface area contributed by atoms with Crippen LogP contribution < -0.4 is 0 Å². The highest BCUT2D eigenvalue weighted by molar-refractivity contribution is 5.66. The minimum absolute atomic E-state index is 0.332. The minimum Gasteiger partial charge on any atom is -0.481 e. The largest absolute Gasteiger partial charge is 0.481 e. The van der Waals surface area contributed by atoms with Crippen LogP contribution >= 0.6 is 0 Å². The topological polar surface area (TPSA) is 77.8 Å². The molecule has 0 heterocycles. The predicted molar refractivity (Wildman–Crippen MR) is 115 cm³/mol. The summed E-state index contributed by atoms with van der Waals surface area (Å²) in [7, 11) is 0. The smallest absolute Gasteiger partial charge is 0.303 e. The zero-order valence-corrected chi connectivity index (χ0v) is 18.2. The maximum Gasteiger partial charge on any atom is 0.303 e. The molecule has 0 aliphatic carbocycles. The molecule has 3 N–H and O–H groups in total. The molecule has 162 valence electrons. The summed E-state index contributed by atoms with van der Waals surface area (Å²) in [6.07, 6.45) is 20.6. The second kappa shape index (κ2) is 23.2. The second-order valence-electron chi connectivity index (χ2n) is 7.84. The van der Waals surface area contributed by atoms with Crippen molar-refractivity contribution in [3.8, 4) is 0 Å². The molecule has 0 atom stereocenters. The van der Waals surface area contributed by atoms with Crippen LogP contribution in [0.25, 0.3) is 0 Å². The molecule has 0 aromatic rings. The Labute approximate surface area is 168 Å². The third-order valence-electron chi connectivity index (χ3n) is 4.33. The first-order chi connectivity index (χ1) is 12.9. The lowest BCUT2D eigenvalue weighted by atomic mass is 10.1. The van der Waals surface area contributed by atoms with Crippen molar-refractivity contribution in [1.82, 2.24) is 0 Å². The van der Waals surface area contributed by atoms with Crippen LogP contribution in [0.15, 0.2) is 12.2 Å². The van der Waals surface area contributed by atoms with Crippen molar-refractivity contribution < 1.29 is 20.1 Å². The number of carboxylic acids is 1. The van der Waals surface area contributed by atoms with Crippen molar-refractivity contribution in [1.29, 1.82) is 0 Å². The van der Waals surface area contributed by atoms with Gasteiger partial charge >= 0.3 is 5.97 Å². The Morgan fingerprint density at radius 3 is 1.59 bits per heavy atom. The first kappa shape index (κ1) is 28.3. The number of hydrogen-bond acceptors (Lipinski definition) is 3. The third kappa shape index (κ3) is 33.2. The fraction of sp³-hybridized carbons (Fsp3) is 0.870. The van der Waals surface area contributed by atoms with E-state index in [2.05, 4.69) is 19.1 Å². The average Bonchev–Trinajstić information content (AvgIpc) is 2.57. The maximum absolute atomic E-state index is 10.3. The van der Waals surface area contributed by atoms with E-state index in [1.54, 1.807) is 0 Å². The zero-order valence-electron chi connectivity index (χ0n) is 18.2. The van der Waals surface area contributed by atoms with Crippen molar-refractivity contribution in [2.75, 3.05) is 0 Å². The Hall–Kier alpha value is -0.870. The van der Waals surface area contributed by atoms with Gasteiger partial charge in [-0.2, -0.15) is 0 Å². The van der Waals surface area contributed by atoms with E-state index in [0.29, 0.717) is 18.8 Å². The minimum atomic E-state index is -1.13. The van der Waals surface area contributed by atoms with Gasteiger partial charge in [0.05, 0.1) is 0 Å². The van der Waals surface area contributed by atoms with Gasteiger partial charge in [0, 0.05) is 12.8 Å². The van der Waals surface area contributed by atoms with Gasteiger partial charge in [0.2, 0.25) is 0 Å². The lowest BCUT2D eigenvalue weighted by molar-refractivity contribution is -0.137. The fourth-order valence-corrected chi connectivity index (χ4v) is 2.77. The molecule has 0 bridgehead atoms. The summed E-state index contributed by atoms with van der Waals surface area (Å²) < 4.78 is 0. The van der Waals surface area contributed by atoms with Crippen LogP contribution in [0.2, 0.25) is 0 Å². The first-order valence-electron chi connectivity index (χ1n) is 11.1. The fourth-order valence-electron chi connectivity index (χ4n) is 2.77. The van der Waals surface area contributed by atoms with E-state index in [1.807, 2.05) is 13.8 Å². The lowest BCUT2D eigenvalue weighted by Gasteiger charge is -2.03. The van der Waals surface area contributed by atoms with Gasteiger partial charge in [-0.1, -0.05) is 84.3 Å². The molecule has 0 saturated heterocycles. The number of carbonyl (C=O) groups is 1. The van der Waals surface area contributed by atoms with Crippen molar-refractivity contribution in [3.05, 3.63) is 12.2 Å². The van der Waals surface area contributed by atoms with Crippen molar-refractivity contribution >= 4 is 5.97 Å². The molecule has 0 spiro atoms. The molecule has 0 aliphatic rings. The molecule has 4 nitrogen and oxygen atoms in total. The number of aliphatic hydroxyl groups is 2. The SMILES string of the molecule is CC(C)CC(O)O.CCCCCCCC/C=C\CCCCCCCC(=O)O. The number of carboxylic acid groups (broad SMARTS) is 1. The molecule has 4 heteroatoms. The third-order valence-corrected chi connectivity index (χ3v) is 4.33. The van der Waals surface area contributed by atoms with Gasteiger partial charge in [-0.15, -0.1) is 0 Å². The Bertz CT molecular complexity index is 318. The Morgan fingerprint density at radius 2 is 1.22 bits per heavy atom. The molecule has 0 aromatic carbocycles. The highest BCUT2D eigenvalue weighted by Crippen LogP contribution is 2.09. The highest BCUT2D eigenvalue weighted by Gasteiger charge is 1.99. The maximum atomic E-state index is 10.3. The summed E-state index contributed by atoms with van der Waals surface area (Å²) in [5.74, 6) is -0.289. The summed E-state index contributed by atoms with van der Waals surface area (Å²) in [5.41, 5.74) is 0. The van der Waals surface area contributed by atoms with E-state index >= 15 is 0 Å². The number of allylic oxidation sites excluding steroid dienone is 2. The summed E-state index contributed by atoms with van der Waals surface area (Å²) >= 11 is 0. The molecular weight excluding hydrogens is 340 g/mol. The monoisotopic (exact) mass is 386 g/mol. The van der Waals surface area contributed by atoms with E-state index in [9.17, 15) is 4.79 Å². The van der Waals surface area contributed by atoms with Crippen LogP contribution in [0.4, 0.5) is 0 Å². The van der Waals surface area contributed by atoms with Crippen LogP contribution in [-0.4, -0.2) is 27.6 Å². The number of aliphatic hydroxyl groups excluding tert-OH is 1. The predicted octanol–water partition coefficient (Wildman–Crippen LogP) is 6.45. The summed E-state index contributed by atoms with van der Waals surface area (Å²) in [6.45, 7) is 6.15. The molecule has 0 saturated carbocycles. The molecule has 0 aliphatic heterocycles. The quantitative estimate of drug-likeness (QED) is 0.152. The molecule has 0 unspecified atom stereocenters. The van der Waals surface area contributed by atoms with E-state index in [1.165, 1.54) is 70.6 Å². The van der Waals surface area contributed by atoms with Crippen molar-refractivity contribution in [3.63, 3.8) is 0 Å². The van der Waals surface area contributed by atoms with Gasteiger partial charge in [0.1, 0.15) is 0 Å². The Balaban J connectivity index is 0. The molecule has 0 radical (unpaired) electrons. The first-order valence-corrected chi connectivity index (χ1v) is 11.1. The normalized spacial score (nSPS) is 11.2. The highest BCUT2D eigenvalue weighted by atomic mass is 16.5. The van der Waals surface area contributed by atoms with E-state index < -0.39 is 12.3 Å². The van der Waals surface area contributed by atoms with Crippen molar-refractivity contribution in [2.24, 2.45) is 5.92 Å². The van der Waals surface area contributed by atoms with Gasteiger partial charge in [0.15, 0.2) is 6.29 Å². The molecular formula is C23H46O4. The second-order valence-corrected chi connectivity index (χ2v) is 7.84. The standard InChI is InChI=1S/C18H34O2.C5H12O2/c1-2-3-4-5-6-7-8-9-10-11-12-13-14-15-16-17-18(19)20;1-4(2)3-5(6)7/h9-10H,2-8,11-17H2,1H3,(H,19,20);4-7H,3H2,1-2H3/b10-9-;. The van der Waals surface area contributed by atoms with E-state index in [0.717, 1.165) is 12.8 Å². The number of aliphatic carboxylic acids is 1. The average molecular weight is 387 g/mol. The molecule has 27 heavy (non-hydrogen) atoms. The summed E-state index contributed by atoms with van der Waals surface area (Å²) in [5, 5.41) is 25.1. The number of unbranched alkanes of at least 4 members (excludes halogenated alkanes) is 11. The van der Waals surface area contributed by atoms with Gasteiger partial charge < -0.3 is 15.3 Å². The number of rotatable bonds is 17. The summed E-state index contributed by atoms with van der Waals surface area (Å²) in [4.78, 5) is 10.3. The Kier molecular flexibility index (Phi) is 24.3.